The van der Waals surface area contributed by atoms with Crippen LogP contribution in [-0.4, -0.2) is 77.2 Å². The third-order valence-corrected chi connectivity index (χ3v) is 7.27. The number of carbonyl (C=O) groups is 1. The number of carbonyl (C=O) groups excluding carboxylic acids is 1. The smallest absolute Gasteiger partial charge is 0.409 e. The third kappa shape index (κ3) is 6.81. The lowest BCUT2D eigenvalue weighted by Crippen LogP contribution is -2.29. The van der Waals surface area contributed by atoms with Crippen molar-refractivity contribution >= 4 is 29.3 Å². The van der Waals surface area contributed by atoms with E-state index in [1.165, 1.54) is 0 Å². The molecule has 0 radical (unpaired) electrons. The summed E-state index contributed by atoms with van der Waals surface area (Å²) >= 11 is 13.5. The Kier molecular flexibility index (Phi) is 9.66. The Morgan fingerprint density at radius 2 is 2.10 bits per heavy atom. The van der Waals surface area contributed by atoms with Gasteiger partial charge in [-0.2, -0.15) is 0 Å². The molecule has 10 nitrogen and oxygen atoms in total. The van der Waals surface area contributed by atoms with Crippen LogP contribution in [-0.2, 0) is 11.2 Å². The molecule has 1 aliphatic heterocycles. The molecule has 3 aromatic rings. The first-order valence-corrected chi connectivity index (χ1v) is 13.6. The largest absolute Gasteiger partial charge is 0.491 e. The van der Waals surface area contributed by atoms with Crippen LogP contribution in [0, 0.1) is 19.8 Å². The second-order valence-corrected chi connectivity index (χ2v) is 10.3. The predicted octanol–water partition coefficient (Wildman–Crippen LogP) is 4.70. The van der Waals surface area contributed by atoms with Crippen LogP contribution in [0.4, 0.5) is 4.79 Å². The van der Waals surface area contributed by atoms with Gasteiger partial charge in [0.2, 0.25) is 0 Å². The molecule has 1 saturated heterocycles. The number of amides is 1. The third-order valence-electron chi connectivity index (χ3n) is 6.54. The van der Waals surface area contributed by atoms with Crippen LogP contribution in [0.25, 0.3) is 22.6 Å². The summed E-state index contributed by atoms with van der Waals surface area (Å²) in [4.78, 5) is 23.6. The molecule has 1 amide bonds. The monoisotopic (exact) mass is 577 g/mol. The van der Waals surface area contributed by atoms with Gasteiger partial charge in [-0.1, -0.05) is 28.4 Å². The summed E-state index contributed by atoms with van der Waals surface area (Å²) in [5.41, 5.74) is 3.05. The molecule has 12 heteroatoms. The molecule has 0 unspecified atom stereocenters. The standard InChI is InChI=1S/C27H33Cl2N5O5/c1-5-37-27(36)34-9-8-17(13-34)10-22-24(29)25(23-15(2)33-39-16(23)3)32-26(31-22)20-11-19(6-7-21(20)28)38-14-18(35)12-30-4/h6-7,11,17-18,30,35H,5,8-10,12-14H2,1-4H3/t17-,18-/m1/s1. The quantitative estimate of drug-likeness (QED) is 0.352. The number of aliphatic hydroxyl groups excluding tert-OH is 1. The Bertz CT molecular complexity index is 1300. The van der Waals surface area contributed by atoms with Crippen molar-refractivity contribution < 1.29 is 23.9 Å². The minimum atomic E-state index is -0.667. The van der Waals surface area contributed by atoms with Crippen LogP contribution >= 0.6 is 23.2 Å². The van der Waals surface area contributed by atoms with E-state index in [4.69, 9.17) is 47.2 Å². The van der Waals surface area contributed by atoms with Crippen LogP contribution in [0.2, 0.25) is 10.0 Å². The fourth-order valence-electron chi connectivity index (χ4n) is 4.64. The molecule has 0 aliphatic carbocycles. The second-order valence-electron chi connectivity index (χ2n) is 9.52. The fraction of sp³-hybridized carbons (Fsp3) is 0.481. The van der Waals surface area contributed by atoms with E-state index in [1.807, 2.05) is 6.92 Å². The highest BCUT2D eigenvalue weighted by Gasteiger charge is 2.30. The van der Waals surface area contributed by atoms with Crippen molar-refractivity contribution in [2.24, 2.45) is 5.92 Å². The van der Waals surface area contributed by atoms with Gasteiger partial charge in [-0.25, -0.2) is 14.8 Å². The normalized spacial score (nSPS) is 16.0. The Hall–Kier alpha value is -2.92. The molecule has 2 atom stereocenters. The Morgan fingerprint density at radius 1 is 1.31 bits per heavy atom. The lowest BCUT2D eigenvalue weighted by atomic mass is 10.00. The lowest BCUT2D eigenvalue weighted by molar-refractivity contribution is 0.108. The molecule has 39 heavy (non-hydrogen) atoms. The molecule has 1 aromatic carbocycles. The highest BCUT2D eigenvalue weighted by atomic mass is 35.5. The first-order chi connectivity index (χ1) is 18.7. The van der Waals surface area contributed by atoms with E-state index in [-0.39, 0.29) is 18.6 Å². The SMILES string of the molecule is CCOC(=O)N1CC[C@H](Cc2nc(-c3cc(OC[C@H](O)CNC)ccc3Cl)nc(-c3c(C)noc3C)c2Cl)C1. The fourth-order valence-corrected chi connectivity index (χ4v) is 5.10. The average Bonchev–Trinajstić information content (AvgIpc) is 3.51. The van der Waals surface area contributed by atoms with Crippen molar-refractivity contribution in [2.45, 2.75) is 39.7 Å². The van der Waals surface area contributed by atoms with Crippen molar-refractivity contribution in [1.82, 2.24) is 25.3 Å². The maximum absolute atomic E-state index is 12.2. The van der Waals surface area contributed by atoms with E-state index in [9.17, 15) is 9.90 Å². The molecule has 0 spiro atoms. The van der Waals surface area contributed by atoms with Crippen LogP contribution in [0.3, 0.4) is 0 Å². The summed E-state index contributed by atoms with van der Waals surface area (Å²) in [5.74, 6) is 1.62. The number of nitrogens with one attached hydrogen (secondary N) is 1. The molecule has 3 heterocycles. The zero-order valence-electron chi connectivity index (χ0n) is 22.5. The van der Waals surface area contributed by atoms with E-state index in [1.54, 1.807) is 44.0 Å². The van der Waals surface area contributed by atoms with Gasteiger partial charge < -0.3 is 29.3 Å². The number of hydrogen-bond acceptors (Lipinski definition) is 9. The molecule has 2 aromatic heterocycles. The molecule has 4 rings (SSSR count). The first kappa shape index (κ1) is 29.1. The number of ether oxygens (including phenoxy) is 2. The number of nitrogens with zero attached hydrogens (tertiary/aromatic N) is 4. The number of aliphatic hydroxyl groups is 1. The van der Waals surface area contributed by atoms with Crippen molar-refractivity contribution in [3.05, 3.63) is 45.4 Å². The molecule has 1 aliphatic rings. The Morgan fingerprint density at radius 3 is 2.79 bits per heavy atom. The van der Waals surface area contributed by atoms with Crippen molar-refractivity contribution in [2.75, 3.05) is 39.9 Å². The average molecular weight is 578 g/mol. The van der Waals surface area contributed by atoms with E-state index >= 15 is 0 Å². The second kappa shape index (κ2) is 13.0. The minimum Gasteiger partial charge on any atom is -0.491 e. The number of hydrogen-bond donors (Lipinski definition) is 2. The van der Waals surface area contributed by atoms with Crippen LogP contribution in [0.1, 0.15) is 30.5 Å². The van der Waals surface area contributed by atoms with E-state index in [0.29, 0.717) is 88.3 Å². The number of aromatic nitrogens is 3. The maximum atomic E-state index is 12.2. The predicted molar refractivity (Wildman–Crippen MR) is 148 cm³/mol. The zero-order chi connectivity index (χ0) is 28.1. The van der Waals surface area contributed by atoms with Crippen molar-refractivity contribution in [3.8, 4) is 28.4 Å². The van der Waals surface area contributed by atoms with Crippen molar-refractivity contribution in [3.63, 3.8) is 0 Å². The minimum absolute atomic E-state index is 0.109. The van der Waals surface area contributed by atoms with Crippen LogP contribution in [0.5, 0.6) is 5.75 Å². The van der Waals surface area contributed by atoms with Gasteiger partial charge in [0, 0.05) is 25.2 Å². The van der Waals surface area contributed by atoms with Gasteiger partial charge in [0.25, 0.3) is 0 Å². The number of halogens is 2. The molecular weight excluding hydrogens is 545 g/mol. The van der Waals surface area contributed by atoms with E-state index < -0.39 is 6.10 Å². The van der Waals surface area contributed by atoms with Gasteiger partial charge in [0.05, 0.1) is 39.3 Å². The van der Waals surface area contributed by atoms with Gasteiger partial charge in [-0.15, -0.1) is 0 Å². The summed E-state index contributed by atoms with van der Waals surface area (Å²) in [6.07, 6.45) is 0.354. The van der Waals surface area contributed by atoms with Gasteiger partial charge in [-0.3, -0.25) is 0 Å². The zero-order valence-corrected chi connectivity index (χ0v) is 24.0. The van der Waals surface area contributed by atoms with Gasteiger partial charge in [0.15, 0.2) is 5.82 Å². The number of likely N-dealkylation sites (tertiary alicyclic amines) is 1. The molecule has 1 fully saturated rings. The number of rotatable bonds is 10. The van der Waals surface area contributed by atoms with Crippen LogP contribution < -0.4 is 10.1 Å². The van der Waals surface area contributed by atoms with Gasteiger partial charge in [0.1, 0.15) is 24.2 Å². The lowest BCUT2D eigenvalue weighted by Gasteiger charge is -2.17. The van der Waals surface area contributed by atoms with Gasteiger partial charge >= 0.3 is 6.09 Å². The first-order valence-electron chi connectivity index (χ1n) is 12.9. The maximum Gasteiger partial charge on any atom is 0.409 e. The summed E-state index contributed by atoms with van der Waals surface area (Å²) < 4.78 is 16.4. The topological polar surface area (TPSA) is 123 Å². The van der Waals surface area contributed by atoms with Gasteiger partial charge in [-0.05, 0) is 64.8 Å². The molecule has 210 valence electrons. The summed E-state index contributed by atoms with van der Waals surface area (Å²) in [7, 11) is 1.76. The molecule has 0 bridgehead atoms. The summed E-state index contributed by atoms with van der Waals surface area (Å²) in [5, 5.41) is 17.9. The number of benzene rings is 1. The summed E-state index contributed by atoms with van der Waals surface area (Å²) in [6, 6.07) is 5.18. The van der Waals surface area contributed by atoms with Crippen LogP contribution in [0.15, 0.2) is 22.7 Å². The van der Waals surface area contributed by atoms with E-state index in [0.717, 1.165) is 6.42 Å². The highest BCUT2D eigenvalue weighted by Crippen LogP contribution is 2.38. The van der Waals surface area contributed by atoms with Crippen molar-refractivity contribution in [1.29, 1.82) is 0 Å². The Labute approximate surface area is 237 Å². The molecular formula is C27H33Cl2N5O5. The molecule has 2 N–H and O–H groups in total. The number of aryl methyl sites for hydroxylation is 2. The number of likely N-dealkylation sites (N-methyl/N-ethyl adjacent to an activating group) is 1. The molecule has 0 saturated carbocycles. The highest BCUT2D eigenvalue weighted by molar-refractivity contribution is 6.34. The summed E-state index contributed by atoms with van der Waals surface area (Å²) in [6.45, 7) is 7.43. The Balaban J connectivity index is 1.71. The van der Waals surface area contributed by atoms with E-state index in [2.05, 4.69) is 10.5 Å².